The molecule has 2 aromatic carbocycles. The molecule has 0 aliphatic heterocycles. The van der Waals surface area contributed by atoms with Crippen molar-refractivity contribution in [2.24, 2.45) is 0 Å². The zero-order valence-electron chi connectivity index (χ0n) is 11.7. The Hall–Kier alpha value is -2.07. The van der Waals surface area contributed by atoms with Crippen molar-refractivity contribution >= 4 is 0 Å². The number of aliphatic hydroxyl groups excluding tert-OH is 1. The number of hydrogen-bond donors (Lipinski definition) is 1. The van der Waals surface area contributed by atoms with Crippen LogP contribution in [0.1, 0.15) is 22.8 Å². The molecule has 0 amide bonds. The van der Waals surface area contributed by atoms with Gasteiger partial charge in [0.05, 0.1) is 14.2 Å². The average Bonchev–Trinajstić information content (AvgIpc) is 2.46. The van der Waals surface area contributed by atoms with Crippen LogP contribution in [0.4, 0.5) is 4.39 Å². The number of methoxy groups -OCH3 is 2. The van der Waals surface area contributed by atoms with Crippen molar-refractivity contribution in [2.45, 2.75) is 13.0 Å². The molecule has 4 heteroatoms. The summed E-state index contributed by atoms with van der Waals surface area (Å²) in [5, 5.41) is 10.4. The molecule has 1 atom stereocenters. The zero-order chi connectivity index (χ0) is 14.7. The van der Waals surface area contributed by atoms with Crippen molar-refractivity contribution < 1.29 is 19.0 Å². The average molecular weight is 276 g/mol. The molecule has 1 unspecified atom stereocenters. The van der Waals surface area contributed by atoms with Gasteiger partial charge in [-0.1, -0.05) is 24.3 Å². The molecule has 0 heterocycles. The molecular formula is C16H17FO3. The zero-order valence-corrected chi connectivity index (χ0v) is 11.7. The fourth-order valence-electron chi connectivity index (χ4n) is 2.11. The molecule has 106 valence electrons. The lowest BCUT2D eigenvalue weighted by atomic mass is 9.98. The third-order valence-corrected chi connectivity index (χ3v) is 3.19. The van der Waals surface area contributed by atoms with E-state index in [-0.39, 0.29) is 11.3 Å². The number of aliphatic hydroxyl groups is 1. The van der Waals surface area contributed by atoms with Crippen molar-refractivity contribution in [1.29, 1.82) is 0 Å². The summed E-state index contributed by atoms with van der Waals surface area (Å²) in [6, 6.07) is 10.1. The quantitative estimate of drug-likeness (QED) is 0.931. The summed E-state index contributed by atoms with van der Waals surface area (Å²) in [6.45, 7) is 1.92. The molecule has 2 rings (SSSR count). The first-order chi connectivity index (χ1) is 9.58. The van der Waals surface area contributed by atoms with E-state index in [2.05, 4.69) is 0 Å². The number of hydrogen-bond acceptors (Lipinski definition) is 3. The molecule has 0 aliphatic carbocycles. The van der Waals surface area contributed by atoms with Gasteiger partial charge in [-0.15, -0.1) is 0 Å². The minimum Gasteiger partial charge on any atom is -0.496 e. The molecule has 0 aliphatic rings. The number of rotatable bonds is 4. The molecule has 20 heavy (non-hydrogen) atoms. The Morgan fingerprint density at radius 3 is 2.35 bits per heavy atom. The van der Waals surface area contributed by atoms with Crippen LogP contribution in [0.25, 0.3) is 0 Å². The Bertz CT molecular complexity index is 611. The standard InChI is InChI=1S/C16H17FO3/c1-10-7-8-11(14(9-10)20-3)16(18)12-5-4-6-13(19-2)15(12)17/h4-9,16,18H,1-3H3. The lowest BCUT2D eigenvalue weighted by Crippen LogP contribution is -2.06. The van der Waals surface area contributed by atoms with E-state index in [9.17, 15) is 9.50 Å². The van der Waals surface area contributed by atoms with Gasteiger partial charge in [0.25, 0.3) is 0 Å². The van der Waals surface area contributed by atoms with E-state index in [0.29, 0.717) is 11.3 Å². The highest BCUT2D eigenvalue weighted by Crippen LogP contribution is 2.34. The molecular weight excluding hydrogens is 259 g/mol. The smallest absolute Gasteiger partial charge is 0.171 e. The summed E-state index contributed by atoms with van der Waals surface area (Å²) < 4.78 is 24.4. The Kier molecular flexibility index (Phi) is 4.25. The van der Waals surface area contributed by atoms with Crippen LogP contribution in [-0.4, -0.2) is 19.3 Å². The first-order valence-corrected chi connectivity index (χ1v) is 6.23. The summed E-state index contributed by atoms with van der Waals surface area (Å²) >= 11 is 0. The molecule has 1 N–H and O–H groups in total. The van der Waals surface area contributed by atoms with Gasteiger partial charge in [-0.05, 0) is 24.6 Å². The lowest BCUT2D eigenvalue weighted by molar-refractivity contribution is 0.208. The van der Waals surface area contributed by atoms with Crippen LogP contribution in [0.5, 0.6) is 11.5 Å². The highest BCUT2D eigenvalue weighted by Gasteiger charge is 2.20. The van der Waals surface area contributed by atoms with E-state index in [1.807, 2.05) is 13.0 Å². The summed E-state index contributed by atoms with van der Waals surface area (Å²) in [6.07, 6.45) is -1.11. The van der Waals surface area contributed by atoms with Crippen LogP contribution in [-0.2, 0) is 0 Å². The molecule has 2 aromatic rings. The van der Waals surface area contributed by atoms with Gasteiger partial charge in [0, 0.05) is 11.1 Å². The first-order valence-electron chi connectivity index (χ1n) is 6.23. The van der Waals surface area contributed by atoms with E-state index in [4.69, 9.17) is 9.47 Å². The van der Waals surface area contributed by atoms with Gasteiger partial charge in [0.1, 0.15) is 11.9 Å². The fraction of sp³-hybridized carbons (Fsp3) is 0.250. The molecule has 0 bridgehead atoms. The molecule has 0 saturated carbocycles. The largest absolute Gasteiger partial charge is 0.496 e. The van der Waals surface area contributed by atoms with Gasteiger partial charge < -0.3 is 14.6 Å². The predicted octanol–water partition coefficient (Wildman–Crippen LogP) is 3.23. The second-order valence-electron chi connectivity index (χ2n) is 4.51. The van der Waals surface area contributed by atoms with Crippen molar-refractivity contribution in [2.75, 3.05) is 14.2 Å². The summed E-state index contributed by atoms with van der Waals surface area (Å²) in [4.78, 5) is 0. The van der Waals surface area contributed by atoms with E-state index >= 15 is 0 Å². The highest BCUT2D eigenvalue weighted by atomic mass is 19.1. The third-order valence-electron chi connectivity index (χ3n) is 3.19. The van der Waals surface area contributed by atoms with Crippen LogP contribution >= 0.6 is 0 Å². The fourth-order valence-corrected chi connectivity index (χ4v) is 2.11. The van der Waals surface area contributed by atoms with Crippen LogP contribution < -0.4 is 9.47 Å². The molecule has 0 spiro atoms. The van der Waals surface area contributed by atoms with Crippen molar-refractivity contribution in [3.05, 3.63) is 58.9 Å². The summed E-state index contributed by atoms with van der Waals surface area (Å²) in [7, 11) is 2.91. The molecule has 3 nitrogen and oxygen atoms in total. The number of benzene rings is 2. The minimum atomic E-state index is -1.11. The second-order valence-corrected chi connectivity index (χ2v) is 4.51. The van der Waals surface area contributed by atoms with Gasteiger partial charge in [-0.2, -0.15) is 0 Å². The number of halogens is 1. The Labute approximate surface area is 117 Å². The van der Waals surface area contributed by atoms with Crippen LogP contribution in [0, 0.1) is 12.7 Å². The highest BCUT2D eigenvalue weighted by molar-refractivity contribution is 5.44. The van der Waals surface area contributed by atoms with E-state index < -0.39 is 11.9 Å². The molecule has 0 radical (unpaired) electrons. The topological polar surface area (TPSA) is 38.7 Å². The van der Waals surface area contributed by atoms with Crippen molar-refractivity contribution in [3.8, 4) is 11.5 Å². The molecule has 0 saturated heterocycles. The Morgan fingerprint density at radius 2 is 1.70 bits per heavy atom. The van der Waals surface area contributed by atoms with E-state index in [1.54, 1.807) is 18.2 Å². The van der Waals surface area contributed by atoms with Crippen molar-refractivity contribution in [3.63, 3.8) is 0 Å². The van der Waals surface area contributed by atoms with E-state index in [0.717, 1.165) is 5.56 Å². The van der Waals surface area contributed by atoms with Gasteiger partial charge in [0.15, 0.2) is 11.6 Å². The third kappa shape index (κ3) is 2.60. The predicted molar refractivity (Wildman–Crippen MR) is 74.7 cm³/mol. The van der Waals surface area contributed by atoms with Gasteiger partial charge in [0.2, 0.25) is 0 Å². The lowest BCUT2D eigenvalue weighted by Gasteiger charge is -2.17. The van der Waals surface area contributed by atoms with Gasteiger partial charge >= 0.3 is 0 Å². The molecule has 0 fully saturated rings. The van der Waals surface area contributed by atoms with E-state index in [1.165, 1.54) is 26.4 Å². The van der Waals surface area contributed by atoms with Crippen molar-refractivity contribution in [1.82, 2.24) is 0 Å². The maximum atomic E-state index is 14.2. The monoisotopic (exact) mass is 276 g/mol. The van der Waals surface area contributed by atoms with Crippen LogP contribution in [0.3, 0.4) is 0 Å². The van der Waals surface area contributed by atoms with Gasteiger partial charge in [-0.3, -0.25) is 0 Å². The Morgan fingerprint density at radius 1 is 1.00 bits per heavy atom. The Balaban J connectivity index is 2.49. The minimum absolute atomic E-state index is 0.104. The SMILES string of the molecule is COc1cc(C)ccc1C(O)c1cccc(OC)c1F. The second kappa shape index (κ2) is 5.92. The van der Waals surface area contributed by atoms with Crippen LogP contribution in [0.2, 0.25) is 0 Å². The number of aryl methyl sites for hydroxylation is 1. The summed E-state index contributed by atoms with van der Waals surface area (Å²) in [5.41, 5.74) is 1.68. The number of ether oxygens (including phenoxy) is 2. The molecule has 0 aromatic heterocycles. The summed E-state index contributed by atoms with van der Waals surface area (Å²) in [5.74, 6) is 0.0671. The van der Waals surface area contributed by atoms with Gasteiger partial charge in [-0.25, -0.2) is 4.39 Å². The normalized spacial score (nSPS) is 12.1. The van der Waals surface area contributed by atoms with Crippen LogP contribution in [0.15, 0.2) is 36.4 Å². The maximum absolute atomic E-state index is 14.2. The maximum Gasteiger partial charge on any atom is 0.171 e. The first kappa shape index (κ1) is 14.3.